The smallest absolute Gasteiger partial charge is 0.113 e. The van der Waals surface area contributed by atoms with Crippen molar-refractivity contribution in [2.24, 2.45) is 0 Å². The minimum Gasteiger partial charge on any atom is -0.545 e. The maximum absolute atomic E-state index is 10.5. The summed E-state index contributed by atoms with van der Waals surface area (Å²) in [6.07, 6.45) is 0. The lowest BCUT2D eigenvalue weighted by molar-refractivity contribution is -0.254. The van der Waals surface area contributed by atoms with Crippen LogP contribution in [-0.2, 0) is 0 Å². The standard InChI is InChI=1S/C7H4N2O2S/c10-7(11)4-2-1-3-5-6(4)9-12-8-5/h1-3H,(H,10,11)/p-1. The highest BCUT2D eigenvalue weighted by atomic mass is 32.1. The monoisotopic (exact) mass is 179 g/mol. The van der Waals surface area contributed by atoms with E-state index in [1.165, 1.54) is 6.07 Å². The van der Waals surface area contributed by atoms with Gasteiger partial charge in [-0.3, -0.25) is 0 Å². The molecule has 2 rings (SSSR count). The number of hydrogen-bond donors (Lipinski definition) is 0. The van der Waals surface area contributed by atoms with E-state index in [4.69, 9.17) is 0 Å². The lowest BCUT2D eigenvalue weighted by atomic mass is 10.2. The molecule has 0 aliphatic rings. The Balaban J connectivity index is 2.82. The van der Waals surface area contributed by atoms with Gasteiger partial charge in [0.2, 0.25) is 0 Å². The molecule has 1 heterocycles. The van der Waals surface area contributed by atoms with Crippen LogP contribution in [0.5, 0.6) is 0 Å². The van der Waals surface area contributed by atoms with E-state index in [2.05, 4.69) is 8.75 Å². The fraction of sp³-hybridized carbons (Fsp3) is 0. The van der Waals surface area contributed by atoms with E-state index < -0.39 is 5.97 Å². The van der Waals surface area contributed by atoms with Crippen molar-refractivity contribution in [1.82, 2.24) is 8.75 Å². The molecule has 0 aliphatic heterocycles. The van der Waals surface area contributed by atoms with Crippen LogP contribution in [-0.4, -0.2) is 14.7 Å². The van der Waals surface area contributed by atoms with Crippen LogP contribution in [0.15, 0.2) is 18.2 Å². The molecule has 0 atom stereocenters. The Kier molecular flexibility index (Phi) is 1.51. The lowest BCUT2D eigenvalue weighted by Gasteiger charge is -2.00. The number of aromatic nitrogens is 2. The van der Waals surface area contributed by atoms with Gasteiger partial charge in [-0.1, -0.05) is 12.1 Å². The van der Waals surface area contributed by atoms with Crippen LogP contribution in [0.25, 0.3) is 11.0 Å². The van der Waals surface area contributed by atoms with Crippen molar-refractivity contribution in [3.63, 3.8) is 0 Å². The van der Waals surface area contributed by atoms with Gasteiger partial charge in [-0.05, 0) is 6.07 Å². The summed E-state index contributed by atoms with van der Waals surface area (Å²) in [6.45, 7) is 0. The van der Waals surface area contributed by atoms with Crippen molar-refractivity contribution in [2.45, 2.75) is 0 Å². The molecule has 12 heavy (non-hydrogen) atoms. The van der Waals surface area contributed by atoms with E-state index in [-0.39, 0.29) is 5.56 Å². The van der Waals surface area contributed by atoms with Gasteiger partial charge in [0.05, 0.1) is 17.7 Å². The highest BCUT2D eigenvalue weighted by Crippen LogP contribution is 2.15. The maximum Gasteiger partial charge on any atom is 0.113 e. The number of carbonyl (C=O) groups excluding carboxylic acids is 1. The van der Waals surface area contributed by atoms with Crippen molar-refractivity contribution < 1.29 is 9.90 Å². The molecular weight excluding hydrogens is 176 g/mol. The van der Waals surface area contributed by atoms with Crippen molar-refractivity contribution in [1.29, 1.82) is 0 Å². The Morgan fingerprint density at radius 1 is 1.42 bits per heavy atom. The topological polar surface area (TPSA) is 65.9 Å². The normalized spacial score (nSPS) is 10.3. The van der Waals surface area contributed by atoms with E-state index in [0.29, 0.717) is 11.0 Å². The van der Waals surface area contributed by atoms with Gasteiger partial charge in [-0.25, -0.2) is 0 Å². The number of carboxylic acid groups (broad SMARTS) is 1. The van der Waals surface area contributed by atoms with Crippen molar-refractivity contribution in [3.8, 4) is 0 Å². The molecule has 0 spiro atoms. The Bertz CT molecular complexity index is 438. The average molecular weight is 179 g/mol. The summed E-state index contributed by atoms with van der Waals surface area (Å²) in [5.41, 5.74) is 1.10. The van der Waals surface area contributed by atoms with Crippen LogP contribution in [0.4, 0.5) is 0 Å². The molecule has 0 aliphatic carbocycles. The molecule has 1 aromatic carbocycles. The van der Waals surface area contributed by atoms with Crippen molar-refractivity contribution in [2.75, 3.05) is 0 Å². The number of aromatic carboxylic acids is 1. The molecule has 0 N–H and O–H groups in total. The van der Waals surface area contributed by atoms with Gasteiger partial charge >= 0.3 is 0 Å². The number of carbonyl (C=O) groups is 1. The predicted octanol–water partition coefficient (Wildman–Crippen LogP) is 0.0548. The summed E-state index contributed by atoms with van der Waals surface area (Å²) >= 11 is 0.993. The van der Waals surface area contributed by atoms with E-state index in [1.807, 2.05) is 0 Å². The highest BCUT2D eigenvalue weighted by molar-refractivity contribution is 7.00. The molecular formula is C7H3N2O2S-. The molecule has 5 heteroatoms. The van der Waals surface area contributed by atoms with E-state index in [1.54, 1.807) is 12.1 Å². The van der Waals surface area contributed by atoms with E-state index in [9.17, 15) is 9.90 Å². The Morgan fingerprint density at radius 2 is 2.25 bits per heavy atom. The third kappa shape index (κ3) is 0.947. The first kappa shape index (κ1) is 7.17. The molecule has 0 radical (unpaired) electrons. The lowest BCUT2D eigenvalue weighted by Crippen LogP contribution is -2.22. The number of fused-ring (bicyclic) bond motifs is 1. The quantitative estimate of drug-likeness (QED) is 0.620. The zero-order valence-corrected chi connectivity index (χ0v) is 6.67. The number of benzene rings is 1. The summed E-state index contributed by atoms with van der Waals surface area (Å²) in [6, 6.07) is 4.79. The Morgan fingerprint density at radius 3 is 3.00 bits per heavy atom. The van der Waals surface area contributed by atoms with Gasteiger partial charge in [0.1, 0.15) is 11.0 Å². The molecule has 0 bridgehead atoms. The third-order valence-corrected chi connectivity index (χ3v) is 2.05. The van der Waals surface area contributed by atoms with Crippen LogP contribution in [0.3, 0.4) is 0 Å². The average Bonchev–Trinajstić information content (AvgIpc) is 2.49. The number of hydrogen-bond acceptors (Lipinski definition) is 5. The van der Waals surface area contributed by atoms with Crippen LogP contribution in [0.1, 0.15) is 10.4 Å². The molecule has 1 aromatic heterocycles. The number of nitrogens with zero attached hydrogens (tertiary/aromatic N) is 2. The molecule has 4 nitrogen and oxygen atoms in total. The minimum atomic E-state index is -1.21. The van der Waals surface area contributed by atoms with Crippen LogP contribution < -0.4 is 5.11 Å². The molecule has 0 unspecified atom stereocenters. The second-order valence-corrected chi connectivity index (χ2v) is 2.75. The molecule has 0 fully saturated rings. The predicted molar refractivity (Wildman–Crippen MR) is 41.7 cm³/mol. The van der Waals surface area contributed by atoms with Gasteiger partial charge in [0.25, 0.3) is 0 Å². The molecule has 0 saturated carbocycles. The maximum atomic E-state index is 10.5. The second-order valence-electron chi connectivity index (χ2n) is 2.22. The first-order chi connectivity index (χ1) is 5.79. The number of rotatable bonds is 1. The largest absolute Gasteiger partial charge is 0.545 e. The first-order valence-corrected chi connectivity index (χ1v) is 3.94. The molecule has 0 saturated heterocycles. The molecule has 0 amide bonds. The van der Waals surface area contributed by atoms with Gasteiger partial charge in [-0.15, -0.1) is 0 Å². The van der Waals surface area contributed by atoms with Gasteiger partial charge < -0.3 is 9.90 Å². The first-order valence-electron chi connectivity index (χ1n) is 3.21. The summed E-state index contributed by atoms with van der Waals surface area (Å²) in [4.78, 5) is 10.5. The fourth-order valence-electron chi connectivity index (χ4n) is 0.971. The van der Waals surface area contributed by atoms with Gasteiger partial charge in [0, 0.05) is 5.56 Å². The zero-order chi connectivity index (χ0) is 8.55. The van der Waals surface area contributed by atoms with Crippen LogP contribution in [0.2, 0.25) is 0 Å². The zero-order valence-electron chi connectivity index (χ0n) is 5.85. The van der Waals surface area contributed by atoms with Crippen LogP contribution >= 0.6 is 11.7 Å². The summed E-state index contributed by atoms with van der Waals surface area (Å²) < 4.78 is 7.75. The van der Waals surface area contributed by atoms with Crippen molar-refractivity contribution >= 4 is 28.7 Å². The second kappa shape index (κ2) is 2.53. The van der Waals surface area contributed by atoms with Crippen LogP contribution in [0, 0.1) is 0 Å². The van der Waals surface area contributed by atoms with E-state index >= 15 is 0 Å². The van der Waals surface area contributed by atoms with Crippen molar-refractivity contribution in [3.05, 3.63) is 23.8 Å². The minimum absolute atomic E-state index is 0.0984. The fourth-order valence-corrected chi connectivity index (χ4v) is 1.52. The molecule has 2 aromatic rings. The summed E-state index contributed by atoms with van der Waals surface area (Å²) in [7, 11) is 0. The SMILES string of the molecule is O=C([O-])c1cccc2nsnc12. The Labute approximate surface area is 71.8 Å². The van der Waals surface area contributed by atoms with Gasteiger partial charge in [0.15, 0.2) is 0 Å². The molecule has 60 valence electrons. The number of carboxylic acids is 1. The highest BCUT2D eigenvalue weighted by Gasteiger charge is 2.03. The Hall–Kier alpha value is -1.49. The van der Waals surface area contributed by atoms with E-state index in [0.717, 1.165) is 11.7 Å². The van der Waals surface area contributed by atoms with Gasteiger partial charge in [-0.2, -0.15) is 8.75 Å². The third-order valence-electron chi connectivity index (χ3n) is 1.51. The summed E-state index contributed by atoms with van der Waals surface area (Å²) in [5, 5.41) is 10.5. The summed E-state index contributed by atoms with van der Waals surface area (Å²) in [5.74, 6) is -1.21.